The van der Waals surface area contributed by atoms with Gasteiger partial charge in [-0.3, -0.25) is 0 Å². The Balaban J connectivity index is 2.46. The highest BCUT2D eigenvalue weighted by Crippen LogP contribution is 2.30. The number of ether oxygens (including phenoxy) is 2. The van der Waals surface area contributed by atoms with Crippen molar-refractivity contribution < 1.29 is 19.0 Å². The number of hydrogen-bond acceptors (Lipinski definition) is 3. The molecule has 0 spiro atoms. The van der Waals surface area contributed by atoms with Gasteiger partial charge in [0.15, 0.2) is 6.79 Å². The minimum absolute atomic E-state index is 0.0877. The highest BCUT2D eigenvalue weighted by molar-refractivity contribution is 14.1. The monoisotopic (exact) mass is 414 g/mol. The summed E-state index contributed by atoms with van der Waals surface area (Å²) in [6, 6.07) is 6.80. The molecule has 0 aromatic heterocycles. The lowest BCUT2D eigenvalue weighted by Gasteiger charge is -2.10. The van der Waals surface area contributed by atoms with Gasteiger partial charge in [-0.2, -0.15) is 0 Å². The molecule has 0 fully saturated rings. The summed E-state index contributed by atoms with van der Waals surface area (Å²) >= 11 is 2.15. The molecule has 0 saturated carbocycles. The van der Waals surface area contributed by atoms with Gasteiger partial charge < -0.3 is 14.6 Å². The predicted octanol–water partition coefficient (Wildman–Crippen LogP) is 3.69. The number of fused-ring (bicyclic) bond motifs is 1. The zero-order valence-corrected chi connectivity index (χ0v) is 14.3. The van der Waals surface area contributed by atoms with E-state index in [1.54, 1.807) is 13.2 Å². The SMILES string of the molecule is COCOc1cc(I)c2c(C#CCCCO)c(F)ccc2c1. The number of methoxy groups -OCH3 is 1. The van der Waals surface area contributed by atoms with Crippen LogP contribution in [0.2, 0.25) is 0 Å². The lowest BCUT2D eigenvalue weighted by Crippen LogP contribution is -1.99. The number of halogens is 2. The largest absolute Gasteiger partial charge is 0.468 e. The van der Waals surface area contributed by atoms with Crippen LogP contribution in [0.15, 0.2) is 24.3 Å². The van der Waals surface area contributed by atoms with Gasteiger partial charge in [0, 0.05) is 29.1 Å². The smallest absolute Gasteiger partial charge is 0.188 e. The molecule has 2 aromatic rings. The maximum absolute atomic E-state index is 14.1. The van der Waals surface area contributed by atoms with Crippen LogP contribution in [0.1, 0.15) is 18.4 Å². The van der Waals surface area contributed by atoms with Gasteiger partial charge >= 0.3 is 0 Å². The third-order valence-corrected chi connectivity index (χ3v) is 3.86. The Morgan fingerprint density at radius 2 is 2.14 bits per heavy atom. The molecule has 0 aliphatic carbocycles. The molecule has 2 rings (SSSR count). The molecule has 0 atom stereocenters. The number of aliphatic hydroxyl groups excluding tert-OH is 1. The first-order chi connectivity index (χ1) is 10.7. The standard InChI is InChI=1S/C17H16FIO3/c1-21-11-22-13-9-12-6-7-15(18)14(5-3-2-4-8-20)17(12)16(19)10-13/h6-7,9-10,20H,2,4,8,11H2,1H3. The van der Waals surface area contributed by atoms with Crippen molar-refractivity contribution >= 4 is 33.4 Å². The lowest BCUT2D eigenvalue weighted by molar-refractivity contribution is 0.0512. The summed E-state index contributed by atoms with van der Waals surface area (Å²) in [4.78, 5) is 0. The molecule has 0 amide bonds. The Hall–Kier alpha value is -1.36. The second-order valence-corrected chi connectivity index (χ2v) is 5.77. The maximum atomic E-state index is 14.1. The van der Waals surface area contributed by atoms with Crippen molar-refractivity contribution in [3.8, 4) is 17.6 Å². The van der Waals surface area contributed by atoms with Crippen molar-refractivity contribution in [3.63, 3.8) is 0 Å². The van der Waals surface area contributed by atoms with E-state index in [2.05, 4.69) is 34.4 Å². The molecule has 1 N–H and O–H groups in total. The van der Waals surface area contributed by atoms with Crippen molar-refractivity contribution in [2.75, 3.05) is 20.5 Å². The highest BCUT2D eigenvalue weighted by Gasteiger charge is 2.11. The van der Waals surface area contributed by atoms with E-state index < -0.39 is 0 Å². The molecule has 0 saturated heterocycles. The van der Waals surface area contributed by atoms with E-state index in [-0.39, 0.29) is 19.2 Å². The van der Waals surface area contributed by atoms with Crippen LogP contribution in [0.25, 0.3) is 10.8 Å². The Kier molecular flexibility index (Phi) is 6.43. The minimum Gasteiger partial charge on any atom is -0.468 e. The molecule has 0 unspecified atom stereocenters. The van der Waals surface area contributed by atoms with Crippen LogP contribution in [0, 0.1) is 21.2 Å². The summed E-state index contributed by atoms with van der Waals surface area (Å²) in [6.45, 7) is 0.251. The summed E-state index contributed by atoms with van der Waals surface area (Å²) in [5.41, 5.74) is 0.387. The van der Waals surface area contributed by atoms with Crippen LogP contribution in [-0.4, -0.2) is 25.6 Å². The van der Waals surface area contributed by atoms with Gasteiger partial charge in [0.05, 0.1) is 5.56 Å². The van der Waals surface area contributed by atoms with E-state index in [1.807, 2.05) is 12.1 Å². The lowest BCUT2D eigenvalue weighted by atomic mass is 10.0. The number of benzene rings is 2. The first kappa shape index (κ1) is 17.0. The van der Waals surface area contributed by atoms with Crippen LogP contribution in [0.3, 0.4) is 0 Å². The summed E-state index contributed by atoms with van der Waals surface area (Å²) in [7, 11) is 1.56. The van der Waals surface area contributed by atoms with Gasteiger partial charge in [-0.05, 0) is 52.6 Å². The quantitative estimate of drug-likeness (QED) is 0.351. The summed E-state index contributed by atoms with van der Waals surface area (Å²) in [5, 5.41) is 10.4. The Morgan fingerprint density at radius 1 is 1.32 bits per heavy atom. The van der Waals surface area contributed by atoms with E-state index in [0.717, 1.165) is 14.3 Å². The third kappa shape index (κ3) is 4.09. The summed E-state index contributed by atoms with van der Waals surface area (Å²) in [6.07, 6.45) is 1.13. The van der Waals surface area contributed by atoms with E-state index in [1.165, 1.54) is 6.07 Å². The average Bonchev–Trinajstić information content (AvgIpc) is 2.51. The van der Waals surface area contributed by atoms with Gasteiger partial charge in [-0.1, -0.05) is 17.9 Å². The zero-order chi connectivity index (χ0) is 15.9. The highest BCUT2D eigenvalue weighted by atomic mass is 127. The molecule has 0 aliphatic heterocycles. The third-order valence-electron chi connectivity index (χ3n) is 3.01. The molecule has 3 nitrogen and oxygen atoms in total. The van der Waals surface area contributed by atoms with E-state index >= 15 is 0 Å². The minimum atomic E-state index is -0.340. The summed E-state index contributed by atoms with van der Waals surface area (Å²) in [5.74, 6) is 6.13. The fourth-order valence-electron chi connectivity index (χ4n) is 2.01. The number of rotatable bonds is 5. The van der Waals surface area contributed by atoms with Crippen molar-refractivity contribution in [3.05, 3.63) is 39.2 Å². The topological polar surface area (TPSA) is 38.7 Å². The van der Waals surface area contributed by atoms with Crippen LogP contribution in [-0.2, 0) is 4.74 Å². The van der Waals surface area contributed by atoms with Crippen molar-refractivity contribution in [2.45, 2.75) is 12.8 Å². The molecule has 0 aliphatic rings. The first-order valence-corrected chi connectivity index (χ1v) is 7.88. The normalized spacial score (nSPS) is 10.4. The van der Waals surface area contributed by atoms with Crippen LogP contribution < -0.4 is 4.74 Å². The molecule has 22 heavy (non-hydrogen) atoms. The van der Waals surface area contributed by atoms with Crippen molar-refractivity contribution in [1.82, 2.24) is 0 Å². The van der Waals surface area contributed by atoms with E-state index in [0.29, 0.717) is 24.2 Å². The molecular weight excluding hydrogens is 398 g/mol. The van der Waals surface area contributed by atoms with Crippen LogP contribution in [0.5, 0.6) is 5.75 Å². The van der Waals surface area contributed by atoms with Gasteiger partial charge in [-0.25, -0.2) is 4.39 Å². The van der Waals surface area contributed by atoms with Crippen molar-refractivity contribution in [2.24, 2.45) is 0 Å². The molecule has 0 radical (unpaired) electrons. The van der Waals surface area contributed by atoms with Gasteiger partial charge in [0.1, 0.15) is 11.6 Å². The van der Waals surface area contributed by atoms with E-state index in [4.69, 9.17) is 14.6 Å². The molecule has 116 valence electrons. The number of hydrogen-bond donors (Lipinski definition) is 1. The molecular formula is C17H16FIO3. The number of unbranched alkanes of at least 4 members (excludes halogenated alkanes) is 1. The summed E-state index contributed by atoms with van der Waals surface area (Å²) < 4.78 is 25.3. The Labute approximate surface area is 142 Å². The second kappa shape index (κ2) is 8.32. The fraction of sp³-hybridized carbons (Fsp3) is 0.294. The van der Waals surface area contributed by atoms with Gasteiger partial charge in [0.2, 0.25) is 0 Å². The Bertz CT molecular complexity index is 719. The van der Waals surface area contributed by atoms with Gasteiger partial charge in [0.25, 0.3) is 0 Å². The molecule has 5 heteroatoms. The maximum Gasteiger partial charge on any atom is 0.188 e. The average molecular weight is 414 g/mol. The van der Waals surface area contributed by atoms with Crippen molar-refractivity contribution in [1.29, 1.82) is 0 Å². The van der Waals surface area contributed by atoms with Crippen LogP contribution in [0.4, 0.5) is 4.39 Å². The van der Waals surface area contributed by atoms with Gasteiger partial charge in [-0.15, -0.1) is 0 Å². The predicted molar refractivity (Wildman–Crippen MR) is 92.3 cm³/mol. The Morgan fingerprint density at radius 3 is 2.86 bits per heavy atom. The number of aliphatic hydroxyl groups is 1. The van der Waals surface area contributed by atoms with E-state index in [9.17, 15) is 4.39 Å². The zero-order valence-electron chi connectivity index (χ0n) is 12.2. The molecule has 2 aromatic carbocycles. The molecule has 0 heterocycles. The fourth-order valence-corrected chi connectivity index (χ4v) is 2.90. The van der Waals surface area contributed by atoms with Crippen LogP contribution >= 0.6 is 22.6 Å². The molecule has 0 bridgehead atoms. The second-order valence-electron chi connectivity index (χ2n) is 4.61. The first-order valence-electron chi connectivity index (χ1n) is 6.80.